The first-order valence-corrected chi connectivity index (χ1v) is 36.5. The van der Waals surface area contributed by atoms with Crippen LogP contribution in [0.2, 0.25) is 0 Å². The van der Waals surface area contributed by atoms with Gasteiger partial charge in [0.15, 0.2) is 6.10 Å². The van der Waals surface area contributed by atoms with Gasteiger partial charge in [0.25, 0.3) is 7.82 Å². The number of phosphoric ester groups is 1. The molecule has 0 fully saturated rings. The van der Waals surface area contributed by atoms with Gasteiger partial charge in [0.05, 0.1) is 27.7 Å². The molecule has 480 valence electrons. The van der Waals surface area contributed by atoms with Crippen molar-refractivity contribution in [2.24, 2.45) is 0 Å². The van der Waals surface area contributed by atoms with Crippen LogP contribution in [0.3, 0.4) is 0 Å². The van der Waals surface area contributed by atoms with Crippen LogP contribution < -0.4 is 4.89 Å². The van der Waals surface area contributed by atoms with E-state index < -0.39 is 26.5 Å². The van der Waals surface area contributed by atoms with Crippen molar-refractivity contribution < 1.29 is 42.1 Å². The van der Waals surface area contributed by atoms with E-state index >= 15 is 0 Å². The van der Waals surface area contributed by atoms with Gasteiger partial charge in [-0.15, -0.1) is 0 Å². The molecule has 0 N–H and O–H groups in total. The molecule has 10 heteroatoms. The van der Waals surface area contributed by atoms with Gasteiger partial charge in [-0.1, -0.05) is 325 Å². The zero-order valence-corrected chi connectivity index (χ0v) is 55.6. The number of allylic oxidation sites excluding steroid dienone is 10. The van der Waals surface area contributed by atoms with Crippen LogP contribution >= 0.6 is 7.82 Å². The number of rotatable bonds is 65. The van der Waals surface area contributed by atoms with Crippen molar-refractivity contribution in [3.05, 3.63) is 60.8 Å². The third-order valence-electron chi connectivity index (χ3n) is 15.6. The maximum Gasteiger partial charge on any atom is 0.306 e. The standard InChI is InChI=1S/C72H134NO8P/c1-6-8-10-12-14-16-18-20-22-24-26-28-30-31-32-33-34-35-36-37-38-39-40-41-43-45-47-49-51-53-55-57-59-61-63-65-72(75)81-70(69-80-82(76,77)79-67-66-73(3,4)5)68-78-71(74)64-62-60-58-56-54-52-50-48-46-44-42-29-27-25-23-21-19-17-15-13-11-9-7-2/h8,10,14,16,20,22,26,28,31-32,70H,6-7,9,11-13,15,17-19,21,23-25,27,29-30,33-69H2,1-5H3/b10-8-,16-14-,22-20-,28-26-,32-31-. The van der Waals surface area contributed by atoms with Crippen LogP contribution in [-0.2, 0) is 32.7 Å². The number of hydrogen-bond acceptors (Lipinski definition) is 8. The molecule has 0 saturated heterocycles. The highest BCUT2D eigenvalue weighted by molar-refractivity contribution is 7.45. The van der Waals surface area contributed by atoms with E-state index in [-0.39, 0.29) is 32.0 Å². The monoisotopic (exact) mass is 1170 g/mol. The van der Waals surface area contributed by atoms with Crippen molar-refractivity contribution in [3.63, 3.8) is 0 Å². The van der Waals surface area contributed by atoms with Crippen molar-refractivity contribution in [1.82, 2.24) is 0 Å². The highest BCUT2D eigenvalue weighted by Crippen LogP contribution is 2.38. The molecule has 0 amide bonds. The Labute approximate surface area is 508 Å². The minimum atomic E-state index is -4.64. The fourth-order valence-corrected chi connectivity index (χ4v) is 10.9. The summed E-state index contributed by atoms with van der Waals surface area (Å²) < 4.78 is 34.3. The molecule has 9 nitrogen and oxygen atoms in total. The number of ether oxygens (including phenoxy) is 2. The Morgan fingerprint density at radius 2 is 0.695 bits per heavy atom. The number of hydrogen-bond donors (Lipinski definition) is 0. The minimum Gasteiger partial charge on any atom is -0.756 e. The second-order valence-electron chi connectivity index (χ2n) is 24.9. The van der Waals surface area contributed by atoms with E-state index in [4.69, 9.17) is 18.5 Å². The number of carbonyl (C=O) groups is 2. The summed E-state index contributed by atoms with van der Waals surface area (Å²) in [5.74, 6) is -0.813. The predicted molar refractivity (Wildman–Crippen MR) is 351 cm³/mol. The molecule has 0 aliphatic carbocycles. The van der Waals surface area contributed by atoms with Gasteiger partial charge in [0, 0.05) is 12.8 Å². The molecule has 0 aromatic heterocycles. The van der Waals surface area contributed by atoms with Crippen LogP contribution in [0.25, 0.3) is 0 Å². The molecule has 0 aromatic carbocycles. The predicted octanol–water partition coefficient (Wildman–Crippen LogP) is 22.0. The number of esters is 2. The maximum absolute atomic E-state index is 12.9. The van der Waals surface area contributed by atoms with Gasteiger partial charge in [-0.25, -0.2) is 0 Å². The van der Waals surface area contributed by atoms with Gasteiger partial charge in [-0.2, -0.15) is 0 Å². The Hall–Kier alpha value is -2.29. The molecule has 0 aliphatic heterocycles. The lowest BCUT2D eigenvalue weighted by molar-refractivity contribution is -0.870. The molecule has 0 saturated carbocycles. The van der Waals surface area contributed by atoms with Gasteiger partial charge < -0.3 is 27.9 Å². The SMILES string of the molecule is CC/C=C\C/C=C\C/C=C\C/C=C\C/C=C\CCCCCCCCCCCCCCCCCCCCCC(=O)OC(COC(=O)CCCCCCCCCCCCCCCCCCCCCCCCC)COP(=O)([O-])OCC[N+](C)(C)C. The lowest BCUT2D eigenvalue weighted by Crippen LogP contribution is -2.37. The summed E-state index contributed by atoms with van der Waals surface area (Å²) >= 11 is 0. The average Bonchev–Trinajstić information content (AvgIpc) is 3.45. The molecule has 0 bridgehead atoms. The molecule has 2 unspecified atom stereocenters. The van der Waals surface area contributed by atoms with Crippen LogP contribution in [-0.4, -0.2) is 70.0 Å². The summed E-state index contributed by atoms with van der Waals surface area (Å²) in [7, 11) is 1.18. The van der Waals surface area contributed by atoms with E-state index in [1.165, 1.54) is 231 Å². The highest BCUT2D eigenvalue weighted by atomic mass is 31.2. The summed E-state index contributed by atoms with van der Waals surface area (Å²) in [4.78, 5) is 38.0. The van der Waals surface area contributed by atoms with Crippen molar-refractivity contribution in [3.8, 4) is 0 Å². The van der Waals surface area contributed by atoms with Crippen LogP contribution in [0.15, 0.2) is 60.8 Å². The molecule has 0 heterocycles. The van der Waals surface area contributed by atoms with E-state index in [1.54, 1.807) is 0 Å². The second-order valence-corrected chi connectivity index (χ2v) is 26.3. The minimum absolute atomic E-state index is 0.0287. The molecule has 0 aromatic rings. The van der Waals surface area contributed by atoms with Crippen molar-refractivity contribution in [1.29, 1.82) is 0 Å². The molecule has 0 radical (unpaired) electrons. The van der Waals surface area contributed by atoms with Crippen LogP contribution in [0.4, 0.5) is 0 Å². The molecule has 2 atom stereocenters. The maximum atomic E-state index is 12.9. The fraction of sp³-hybridized carbons (Fsp3) is 0.833. The Balaban J connectivity index is 3.99. The van der Waals surface area contributed by atoms with Gasteiger partial charge >= 0.3 is 11.9 Å². The number of likely N-dealkylation sites (N-methyl/N-ethyl adjacent to an activating group) is 1. The number of phosphoric acid groups is 1. The number of carbonyl (C=O) groups excluding carboxylic acids is 2. The van der Waals surface area contributed by atoms with Crippen LogP contribution in [0.5, 0.6) is 0 Å². The fourth-order valence-electron chi connectivity index (χ4n) is 10.2. The van der Waals surface area contributed by atoms with Gasteiger partial charge in [-0.05, 0) is 57.8 Å². The number of nitrogens with zero attached hydrogens (tertiary/aromatic N) is 1. The first-order valence-electron chi connectivity index (χ1n) is 35.0. The first kappa shape index (κ1) is 79.7. The van der Waals surface area contributed by atoms with Gasteiger partial charge in [0.2, 0.25) is 0 Å². The Bertz CT molecular complexity index is 1570. The number of unbranched alkanes of at least 4 members (excludes halogenated alkanes) is 41. The topological polar surface area (TPSA) is 111 Å². The quantitative estimate of drug-likeness (QED) is 0.0195. The summed E-state index contributed by atoms with van der Waals surface area (Å²) in [6.07, 6.45) is 83.0. The zero-order chi connectivity index (χ0) is 59.8. The van der Waals surface area contributed by atoms with Crippen molar-refractivity contribution in [2.45, 2.75) is 341 Å². The molecular formula is C72H134NO8P. The van der Waals surface area contributed by atoms with Gasteiger partial charge in [0.1, 0.15) is 19.8 Å². The van der Waals surface area contributed by atoms with E-state index in [2.05, 4.69) is 74.6 Å². The smallest absolute Gasteiger partial charge is 0.306 e. The summed E-state index contributed by atoms with van der Waals surface area (Å²) in [6, 6.07) is 0. The second kappa shape index (κ2) is 63.2. The van der Waals surface area contributed by atoms with Gasteiger partial charge in [-0.3, -0.25) is 14.2 Å². The molecule has 0 spiro atoms. The number of quaternary nitrogens is 1. The van der Waals surface area contributed by atoms with E-state index in [0.717, 1.165) is 70.6 Å². The summed E-state index contributed by atoms with van der Waals surface area (Å²) in [5.41, 5.74) is 0. The third kappa shape index (κ3) is 66.8. The van der Waals surface area contributed by atoms with E-state index in [0.29, 0.717) is 17.4 Å². The third-order valence-corrected chi connectivity index (χ3v) is 16.5. The lowest BCUT2D eigenvalue weighted by Gasteiger charge is -2.28. The van der Waals surface area contributed by atoms with Crippen LogP contribution in [0, 0.1) is 0 Å². The zero-order valence-electron chi connectivity index (χ0n) is 54.7. The highest BCUT2D eigenvalue weighted by Gasteiger charge is 2.22. The van der Waals surface area contributed by atoms with Crippen molar-refractivity contribution in [2.75, 3.05) is 47.5 Å². The Morgan fingerprint density at radius 1 is 0.390 bits per heavy atom. The molecule has 0 aliphatic rings. The normalized spacial score (nSPS) is 13.5. The first-order chi connectivity index (χ1) is 40.0. The molecular weight excluding hydrogens is 1040 g/mol. The van der Waals surface area contributed by atoms with Crippen molar-refractivity contribution >= 4 is 19.8 Å². The largest absolute Gasteiger partial charge is 0.756 e. The van der Waals surface area contributed by atoms with E-state index in [9.17, 15) is 19.0 Å². The molecule has 82 heavy (non-hydrogen) atoms. The lowest BCUT2D eigenvalue weighted by atomic mass is 10.0. The average molecular weight is 1170 g/mol. The Kier molecular flexibility index (Phi) is 61.5. The summed E-state index contributed by atoms with van der Waals surface area (Å²) in [6.45, 7) is 4.19. The summed E-state index contributed by atoms with van der Waals surface area (Å²) in [5, 5.41) is 0. The Morgan fingerprint density at radius 3 is 1.04 bits per heavy atom. The molecule has 0 rings (SSSR count). The van der Waals surface area contributed by atoms with Crippen LogP contribution in [0.1, 0.15) is 335 Å². The van der Waals surface area contributed by atoms with E-state index in [1.807, 2.05) is 21.1 Å².